The summed E-state index contributed by atoms with van der Waals surface area (Å²) >= 11 is 0. The third-order valence-electron chi connectivity index (χ3n) is 1.50. The van der Waals surface area contributed by atoms with Crippen molar-refractivity contribution < 1.29 is 0 Å². The van der Waals surface area contributed by atoms with E-state index in [0.717, 1.165) is 6.54 Å². The van der Waals surface area contributed by atoms with Crippen molar-refractivity contribution in [2.75, 3.05) is 6.54 Å². The van der Waals surface area contributed by atoms with E-state index in [2.05, 4.69) is 26.0 Å². The molecule has 1 nitrogen and oxygen atoms in total. The van der Waals surface area contributed by atoms with Crippen LogP contribution in [0, 0.1) is 6.92 Å². The van der Waals surface area contributed by atoms with Gasteiger partial charge in [0.25, 0.3) is 0 Å². The predicted octanol–water partition coefficient (Wildman–Crippen LogP) is 3.77. The van der Waals surface area contributed by atoms with Crippen molar-refractivity contribution in [1.29, 1.82) is 0 Å². The standard InChI is InChI=1S/C7H8.C4H11N.C2H6/c1-7-5-3-2-4-6-7;1-2-3-4-5;1-2/h2-6H,1H3;2-5H2,1H3;1-2H3. The number of hydrogen-bond acceptors (Lipinski definition) is 1. The maximum Gasteiger partial charge on any atom is -0.00774 e. The maximum absolute atomic E-state index is 5.14. The minimum absolute atomic E-state index is 0.844. The lowest BCUT2D eigenvalue weighted by atomic mass is 10.2. The molecule has 1 heteroatoms. The lowest BCUT2D eigenvalue weighted by Gasteiger charge is -1.82. The summed E-state index contributed by atoms with van der Waals surface area (Å²) in [6.45, 7) is 9.06. The zero-order valence-corrected chi connectivity index (χ0v) is 10.1. The molecule has 14 heavy (non-hydrogen) atoms. The smallest absolute Gasteiger partial charge is 0.00774 e. The Morgan fingerprint density at radius 1 is 1.07 bits per heavy atom. The van der Waals surface area contributed by atoms with Crippen LogP contribution in [0.25, 0.3) is 0 Å². The molecule has 1 aromatic rings. The largest absolute Gasteiger partial charge is 0.330 e. The summed E-state index contributed by atoms with van der Waals surface area (Å²) < 4.78 is 0. The first-order chi connectivity index (χ1) is 6.81. The van der Waals surface area contributed by atoms with Gasteiger partial charge < -0.3 is 5.73 Å². The van der Waals surface area contributed by atoms with Crippen LogP contribution in [0.4, 0.5) is 0 Å². The number of rotatable bonds is 2. The molecule has 0 radical (unpaired) electrons. The molecule has 1 aromatic carbocycles. The van der Waals surface area contributed by atoms with Gasteiger partial charge in [0.1, 0.15) is 0 Å². The summed E-state index contributed by atoms with van der Waals surface area (Å²) in [6, 6.07) is 10.3. The molecule has 0 fully saturated rings. The Bertz CT molecular complexity index is 168. The second kappa shape index (κ2) is 14.7. The van der Waals surface area contributed by atoms with Gasteiger partial charge in [-0.05, 0) is 19.9 Å². The zero-order chi connectivity index (χ0) is 11.2. The fourth-order valence-corrected chi connectivity index (χ4v) is 0.739. The molecule has 0 atom stereocenters. The van der Waals surface area contributed by atoms with Crippen LogP contribution in [-0.4, -0.2) is 6.54 Å². The van der Waals surface area contributed by atoms with Gasteiger partial charge in [-0.25, -0.2) is 0 Å². The van der Waals surface area contributed by atoms with E-state index in [0.29, 0.717) is 0 Å². The predicted molar refractivity (Wildman–Crippen MR) is 66.5 cm³/mol. The van der Waals surface area contributed by atoms with Crippen LogP contribution in [0.1, 0.15) is 39.2 Å². The van der Waals surface area contributed by atoms with Crippen LogP contribution >= 0.6 is 0 Å². The third-order valence-corrected chi connectivity index (χ3v) is 1.50. The van der Waals surface area contributed by atoms with E-state index in [1.165, 1.54) is 18.4 Å². The Morgan fingerprint density at radius 3 is 1.71 bits per heavy atom. The summed E-state index contributed by atoms with van der Waals surface area (Å²) in [5.74, 6) is 0. The van der Waals surface area contributed by atoms with Gasteiger partial charge in [0.05, 0.1) is 0 Å². The van der Waals surface area contributed by atoms with Gasteiger partial charge in [0.2, 0.25) is 0 Å². The van der Waals surface area contributed by atoms with Crippen molar-refractivity contribution in [1.82, 2.24) is 0 Å². The topological polar surface area (TPSA) is 26.0 Å². The second-order valence-corrected chi connectivity index (χ2v) is 2.80. The molecule has 0 bridgehead atoms. The fraction of sp³-hybridized carbons (Fsp3) is 0.538. The van der Waals surface area contributed by atoms with Crippen molar-refractivity contribution in [3.05, 3.63) is 35.9 Å². The van der Waals surface area contributed by atoms with E-state index < -0.39 is 0 Å². The molecule has 2 N–H and O–H groups in total. The van der Waals surface area contributed by atoms with Crippen molar-refractivity contribution in [3.63, 3.8) is 0 Å². The molecule has 0 heterocycles. The van der Waals surface area contributed by atoms with Crippen molar-refractivity contribution in [3.8, 4) is 0 Å². The van der Waals surface area contributed by atoms with Crippen LogP contribution < -0.4 is 5.73 Å². The molecule has 0 saturated heterocycles. The van der Waals surface area contributed by atoms with E-state index >= 15 is 0 Å². The van der Waals surface area contributed by atoms with Crippen LogP contribution in [0.5, 0.6) is 0 Å². The Kier molecular flexibility index (Phi) is 16.4. The normalized spacial score (nSPS) is 7.79. The molecule has 82 valence electrons. The van der Waals surface area contributed by atoms with Crippen LogP contribution in [0.3, 0.4) is 0 Å². The first-order valence-electron chi connectivity index (χ1n) is 5.53. The SMILES string of the molecule is CC.CCCCN.Cc1ccccc1. The number of hydrogen-bond donors (Lipinski definition) is 1. The summed E-state index contributed by atoms with van der Waals surface area (Å²) in [5.41, 5.74) is 6.46. The summed E-state index contributed by atoms with van der Waals surface area (Å²) in [7, 11) is 0. The highest BCUT2D eigenvalue weighted by Gasteiger charge is 1.72. The molecule has 0 aliphatic carbocycles. The Hall–Kier alpha value is -0.820. The molecule has 0 amide bonds. The summed E-state index contributed by atoms with van der Waals surface area (Å²) in [5, 5.41) is 0. The number of aryl methyl sites for hydroxylation is 1. The second-order valence-electron chi connectivity index (χ2n) is 2.80. The third kappa shape index (κ3) is 13.7. The molecule has 0 unspecified atom stereocenters. The van der Waals surface area contributed by atoms with Gasteiger partial charge in [-0.2, -0.15) is 0 Å². The minimum atomic E-state index is 0.844. The van der Waals surface area contributed by atoms with Crippen molar-refractivity contribution in [2.24, 2.45) is 5.73 Å². The highest BCUT2D eigenvalue weighted by Crippen LogP contribution is 1.92. The lowest BCUT2D eigenvalue weighted by Crippen LogP contribution is -1.95. The highest BCUT2D eigenvalue weighted by atomic mass is 14.5. The van der Waals surface area contributed by atoms with Crippen molar-refractivity contribution >= 4 is 0 Å². The van der Waals surface area contributed by atoms with Crippen LogP contribution in [0.15, 0.2) is 30.3 Å². The van der Waals surface area contributed by atoms with E-state index in [1.807, 2.05) is 32.0 Å². The Labute approximate surface area is 89.3 Å². The molecular weight excluding hydrogens is 170 g/mol. The minimum Gasteiger partial charge on any atom is -0.330 e. The van der Waals surface area contributed by atoms with Gasteiger partial charge in [0, 0.05) is 0 Å². The molecular formula is C13H25N. The summed E-state index contributed by atoms with van der Waals surface area (Å²) in [4.78, 5) is 0. The van der Waals surface area contributed by atoms with Gasteiger partial charge in [-0.1, -0.05) is 63.1 Å². The summed E-state index contributed by atoms with van der Waals surface area (Å²) in [6.07, 6.45) is 2.39. The van der Waals surface area contributed by atoms with Gasteiger partial charge in [0.15, 0.2) is 0 Å². The molecule has 0 aliphatic heterocycles. The van der Waals surface area contributed by atoms with Crippen LogP contribution in [-0.2, 0) is 0 Å². The van der Waals surface area contributed by atoms with E-state index in [1.54, 1.807) is 0 Å². The van der Waals surface area contributed by atoms with Gasteiger partial charge >= 0.3 is 0 Å². The molecule has 0 saturated carbocycles. The molecule has 0 aromatic heterocycles. The average Bonchev–Trinajstić information content (AvgIpc) is 2.24. The van der Waals surface area contributed by atoms with E-state index in [-0.39, 0.29) is 0 Å². The lowest BCUT2D eigenvalue weighted by molar-refractivity contribution is 0.807. The van der Waals surface area contributed by atoms with E-state index in [9.17, 15) is 0 Å². The highest BCUT2D eigenvalue weighted by molar-refractivity contribution is 5.11. The number of benzene rings is 1. The van der Waals surface area contributed by atoms with E-state index in [4.69, 9.17) is 5.73 Å². The monoisotopic (exact) mass is 195 g/mol. The Morgan fingerprint density at radius 2 is 1.57 bits per heavy atom. The fourth-order valence-electron chi connectivity index (χ4n) is 0.739. The average molecular weight is 195 g/mol. The van der Waals surface area contributed by atoms with Gasteiger partial charge in [-0.15, -0.1) is 0 Å². The van der Waals surface area contributed by atoms with Gasteiger partial charge in [-0.3, -0.25) is 0 Å². The molecule has 0 aliphatic rings. The van der Waals surface area contributed by atoms with Crippen molar-refractivity contribution in [2.45, 2.75) is 40.5 Å². The molecule has 0 spiro atoms. The Balaban J connectivity index is 0. The number of unbranched alkanes of at least 4 members (excludes halogenated alkanes) is 1. The first kappa shape index (κ1) is 15.6. The maximum atomic E-state index is 5.14. The zero-order valence-electron chi connectivity index (χ0n) is 10.1. The quantitative estimate of drug-likeness (QED) is 0.764. The van der Waals surface area contributed by atoms with Crippen LogP contribution in [0.2, 0.25) is 0 Å². The first-order valence-corrected chi connectivity index (χ1v) is 5.53. The molecule has 1 rings (SSSR count). The number of nitrogens with two attached hydrogens (primary N) is 1.